The van der Waals surface area contributed by atoms with Crippen molar-refractivity contribution in [1.82, 2.24) is 24.3 Å². The number of methoxy groups -OCH3 is 1. The van der Waals surface area contributed by atoms with E-state index in [9.17, 15) is 0 Å². The predicted molar refractivity (Wildman–Crippen MR) is 106 cm³/mol. The summed E-state index contributed by atoms with van der Waals surface area (Å²) in [7, 11) is 1.65. The zero-order chi connectivity index (χ0) is 19.6. The number of rotatable bonds is 5. The van der Waals surface area contributed by atoms with E-state index < -0.39 is 0 Å². The third-order valence-corrected chi connectivity index (χ3v) is 5.75. The first-order valence-corrected chi connectivity index (χ1v) is 10.2. The van der Waals surface area contributed by atoms with E-state index in [1.54, 1.807) is 13.3 Å². The van der Waals surface area contributed by atoms with Crippen molar-refractivity contribution < 1.29 is 14.2 Å². The van der Waals surface area contributed by atoms with Crippen molar-refractivity contribution in [2.45, 2.75) is 44.7 Å². The second-order valence-electron chi connectivity index (χ2n) is 7.52. The molecule has 1 aliphatic carbocycles. The van der Waals surface area contributed by atoms with Gasteiger partial charge in [-0.25, -0.2) is 4.98 Å². The highest BCUT2D eigenvalue weighted by molar-refractivity contribution is 5.70. The molecule has 152 valence electrons. The van der Waals surface area contributed by atoms with Gasteiger partial charge < -0.3 is 23.3 Å². The maximum atomic E-state index is 5.76. The Kier molecular flexibility index (Phi) is 4.83. The van der Waals surface area contributed by atoms with Gasteiger partial charge in [-0.1, -0.05) is 19.3 Å². The zero-order valence-corrected chi connectivity index (χ0v) is 16.6. The van der Waals surface area contributed by atoms with Crippen LogP contribution in [0.4, 0.5) is 0 Å². The molecule has 0 atom stereocenters. The summed E-state index contributed by atoms with van der Waals surface area (Å²) < 4.78 is 21.4. The summed E-state index contributed by atoms with van der Waals surface area (Å²) >= 11 is 0. The third-order valence-electron chi connectivity index (χ3n) is 5.75. The molecule has 3 heterocycles. The minimum atomic E-state index is 0.490. The minimum Gasteiger partial charge on any atom is -0.496 e. The molecule has 0 bridgehead atoms. The molecule has 1 fully saturated rings. The molecule has 2 aliphatic rings. The smallest absolute Gasteiger partial charge is 0.165 e. The number of hydrogen-bond donors (Lipinski definition) is 0. The predicted octanol–water partition coefficient (Wildman–Crippen LogP) is 3.47. The van der Waals surface area contributed by atoms with Crippen LogP contribution in [0, 0.1) is 0 Å². The number of fused-ring (bicyclic) bond motifs is 1. The van der Waals surface area contributed by atoms with E-state index in [1.165, 1.54) is 32.1 Å². The number of imidazole rings is 1. The molecule has 2 aromatic heterocycles. The minimum absolute atomic E-state index is 0.490. The van der Waals surface area contributed by atoms with E-state index in [1.807, 2.05) is 24.7 Å². The summed E-state index contributed by atoms with van der Waals surface area (Å²) in [6.07, 6.45) is 11.9. The van der Waals surface area contributed by atoms with Gasteiger partial charge in [0.1, 0.15) is 31.1 Å². The van der Waals surface area contributed by atoms with Gasteiger partial charge in [-0.3, -0.25) is 0 Å². The molecule has 5 rings (SSSR count). The van der Waals surface area contributed by atoms with Crippen LogP contribution < -0.4 is 14.2 Å². The summed E-state index contributed by atoms with van der Waals surface area (Å²) in [4.78, 5) is 4.60. The Morgan fingerprint density at radius 3 is 2.69 bits per heavy atom. The van der Waals surface area contributed by atoms with Crippen molar-refractivity contribution in [2.75, 3.05) is 20.3 Å². The Morgan fingerprint density at radius 1 is 1.10 bits per heavy atom. The molecule has 0 spiro atoms. The first-order valence-electron chi connectivity index (χ1n) is 10.2. The van der Waals surface area contributed by atoms with Gasteiger partial charge in [-0.2, -0.15) is 0 Å². The van der Waals surface area contributed by atoms with Crippen LogP contribution in [0.25, 0.3) is 11.4 Å². The molecule has 1 saturated carbocycles. The van der Waals surface area contributed by atoms with Gasteiger partial charge >= 0.3 is 0 Å². The lowest BCUT2D eigenvalue weighted by Crippen LogP contribution is -2.17. The highest BCUT2D eigenvalue weighted by atomic mass is 16.6. The lowest BCUT2D eigenvalue weighted by atomic mass is 9.95. The van der Waals surface area contributed by atoms with Crippen molar-refractivity contribution in [3.8, 4) is 28.6 Å². The van der Waals surface area contributed by atoms with E-state index in [0.29, 0.717) is 43.0 Å². The number of aromatic nitrogens is 5. The number of nitrogens with zero attached hydrogens (tertiary/aromatic N) is 5. The van der Waals surface area contributed by atoms with Crippen molar-refractivity contribution in [3.05, 3.63) is 36.7 Å². The van der Waals surface area contributed by atoms with E-state index in [-0.39, 0.29) is 0 Å². The van der Waals surface area contributed by atoms with Crippen LogP contribution in [-0.2, 0) is 6.54 Å². The van der Waals surface area contributed by atoms with E-state index in [4.69, 9.17) is 14.2 Å². The van der Waals surface area contributed by atoms with Crippen LogP contribution in [0.3, 0.4) is 0 Å². The second-order valence-corrected chi connectivity index (χ2v) is 7.52. The molecular weight excluding hydrogens is 370 g/mol. The third kappa shape index (κ3) is 3.43. The lowest BCUT2D eigenvalue weighted by Gasteiger charge is -2.24. The summed E-state index contributed by atoms with van der Waals surface area (Å²) in [5.41, 5.74) is 0.866. The highest BCUT2D eigenvalue weighted by Crippen LogP contribution is 2.41. The fourth-order valence-electron chi connectivity index (χ4n) is 4.29. The number of ether oxygens (including phenoxy) is 3. The lowest BCUT2D eigenvalue weighted by molar-refractivity contribution is 0.171. The SMILES string of the molecule is COc1cc2c(cc1-c1nccn1Cc1nncn1C1CCCCC1)OCCO2. The normalized spacial score (nSPS) is 16.7. The van der Waals surface area contributed by atoms with Crippen molar-refractivity contribution in [2.24, 2.45) is 0 Å². The van der Waals surface area contributed by atoms with Gasteiger partial charge in [0.2, 0.25) is 0 Å². The van der Waals surface area contributed by atoms with Crippen LogP contribution in [0.1, 0.15) is 44.0 Å². The molecule has 1 aromatic carbocycles. The first-order chi connectivity index (χ1) is 14.3. The van der Waals surface area contributed by atoms with Gasteiger partial charge in [0.05, 0.1) is 19.2 Å². The molecule has 1 aliphatic heterocycles. The van der Waals surface area contributed by atoms with E-state index in [2.05, 4.69) is 24.3 Å². The van der Waals surface area contributed by atoms with Crippen LogP contribution >= 0.6 is 0 Å². The summed E-state index contributed by atoms with van der Waals surface area (Å²) in [6.45, 7) is 1.68. The monoisotopic (exact) mass is 395 g/mol. The number of benzene rings is 1. The average molecular weight is 395 g/mol. The molecule has 0 unspecified atom stereocenters. The average Bonchev–Trinajstić information content (AvgIpc) is 3.43. The van der Waals surface area contributed by atoms with Crippen LogP contribution in [0.2, 0.25) is 0 Å². The maximum absolute atomic E-state index is 5.76. The summed E-state index contributed by atoms with van der Waals surface area (Å²) in [5, 5.41) is 8.59. The largest absolute Gasteiger partial charge is 0.496 e. The molecular formula is C21H25N5O3. The second kappa shape index (κ2) is 7.77. The molecule has 0 saturated heterocycles. The summed E-state index contributed by atoms with van der Waals surface area (Å²) in [5.74, 6) is 3.87. The Hall–Kier alpha value is -3.03. The van der Waals surface area contributed by atoms with Gasteiger partial charge in [0.25, 0.3) is 0 Å². The Morgan fingerprint density at radius 2 is 1.90 bits per heavy atom. The quantitative estimate of drug-likeness (QED) is 0.658. The Balaban J connectivity index is 1.48. The van der Waals surface area contributed by atoms with Crippen molar-refractivity contribution >= 4 is 0 Å². The first kappa shape index (κ1) is 18.0. The fraction of sp³-hybridized carbons (Fsp3) is 0.476. The molecule has 0 radical (unpaired) electrons. The Bertz CT molecular complexity index is 990. The van der Waals surface area contributed by atoms with Crippen LogP contribution in [0.5, 0.6) is 17.2 Å². The van der Waals surface area contributed by atoms with E-state index in [0.717, 1.165) is 17.2 Å². The molecule has 0 amide bonds. The standard InChI is InChI=1S/C21H25N5O3/c1-27-17-12-19-18(28-9-10-29-19)11-16(17)21-22-7-8-25(21)13-20-24-23-14-26(20)15-5-3-2-4-6-15/h7-8,11-12,14-15H,2-6,9-10,13H2,1H3. The van der Waals surface area contributed by atoms with Crippen LogP contribution in [0.15, 0.2) is 30.9 Å². The van der Waals surface area contributed by atoms with Gasteiger partial charge in [0.15, 0.2) is 17.3 Å². The molecule has 8 nitrogen and oxygen atoms in total. The molecule has 0 N–H and O–H groups in total. The Labute approximate surface area is 169 Å². The summed E-state index contributed by atoms with van der Waals surface area (Å²) in [6, 6.07) is 4.30. The fourth-order valence-corrected chi connectivity index (χ4v) is 4.29. The van der Waals surface area contributed by atoms with Gasteiger partial charge in [-0.15, -0.1) is 10.2 Å². The topological polar surface area (TPSA) is 76.2 Å². The molecule has 3 aromatic rings. The van der Waals surface area contributed by atoms with Crippen molar-refractivity contribution in [1.29, 1.82) is 0 Å². The molecule has 8 heteroatoms. The van der Waals surface area contributed by atoms with E-state index >= 15 is 0 Å². The molecule has 29 heavy (non-hydrogen) atoms. The maximum Gasteiger partial charge on any atom is 0.165 e. The van der Waals surface area contributed by atoms with Gasteiger partial charge in [-0.05, 0) is 18.9 Å². The van der Waals surface area contributed by atoms with Gasteiger partial charge in [0, 0.05) is 24.5 Å². The zero-order valence-electron chi connectivity index (χ0n) is 16.6. The number of hydrogen-bond acceptors (Lipinski definition) is 6. The van der Waals surface area contributed by atoms with Crippen molar-refractivity contribution in [3.63, 3.8) is 0 Å². The van der Waals surface area contributed by atoms with Crippen LogP contribution in [-0.4, -0.2) is 44.6 Å². The highest BCUT2D eigenvalue weighted by Gasteiger charge is 2.22.